The molecular formula is C27H26N2O8. The van der Waals surface area contributed by atoms with Crippen LogP contribution in [0.4, 0.5) is 0 Å². The lowest BCUT2D eigenvalue weighted by Crippen LogP contribution is -2.52. The van der Waals surface area contributed by atoms with Crippen molar-refractivity contribution in [3.63, 3.8) is 0 Å². The van der Waals surface area contributed by atoms with Crippen LogP contribution in [0.15, 0.2) is 54.6 Å². The van der Waals surface area contributed by atoms with Crippen LogP contribution in [0.5, 0.6) is 17.2 Å². The van der Waals surface area contributed by atoms with E-state index >= 15 is 0 Å². The van der Waals surface area contributed by atoms with Crippen molar-refractivity contribution in [2.75, 3.05) is 39.6 Å². The summed E-state index contributed by atoms with van der Waals surface area (Å²) in [5.41, 5.74) is 0.728. The number of esters is 2. The summed E-state index contributed by atoms with van der Waals surface area (Å²) in [5, 5.41) is 0. The van der Waals surface area contributed by atoms with Gasteiger partial charge in [-0.05, 0) is 56.1 Å². The fourth-order valence-corrected chi connectivity index (χ4v) is 5.20. The van der Waals surface area contributed by atoms with Crippen molar-refractivity contribution in [2.24, 2.45) is 5.92 Å². The van der Waals surface area contributed by atoms with Gasteiger partial charge in [0.05, 0.1) is 11.1 Å². The molecule has 0 unspecified atom stereocenters. The van der Waals surface area contributed by atoms with Gasteiger partial charge in [0, 0.05) is 31.3 Å². The van der Waals surface area contributed by atoms with Crippen LogP contribution in [0.2, 0.25) is 0 Å². The predicted molar refractivity (Wildman–Crippen MR) is 128 cm³/mol. The Bertz CT molecular complexity index is 1250. The fraction of sp³-hybridized carbons (Fsp3) is 0.370. The molecule has 4 aliphatic heterocycles. The largest absolute Gasteiger partial charge is 0.492 e. The molecule has 4 aliphatic rings. The van der Waals surface area contributed by atoms with Gasteiger partial charge < -0.3 is 23.7 Å². The number of hydrogen-bond acceptors (Lipinski definition) is 9. The highest BCUT2D eigenvalue weighted by atomic mass is 16.8. The molecule has 0 saturated carbocycles. The number of nitrogens with zero attached hydrogens (tertiary/aromatic N) is 2. The third-order valence-corrected chi connectivity index (χ3v) is 7.10. The van der Waals surface area contributed by atoms with Crippen molar-refractivity contribution in [3.05, 3.63) is 65.7 Å². The number of amides is 1. The first kappa shape index (κ1) is 23.4. The number of piperidine rings is 1. The molecule has 0 bridgehead atoms. The van der Waals surface area contributed by atoms with Gasteiger partial charge >= 0.3 is 17.8 Å². The molecule has 4 heterocycles. The summed E-state index contributed by atoms with van der Waals surface area (Å²) in [7, 11) is 0. The Morgan fingerprint density at radius 2 is 1.65 bits per heavy atom. The van der Waals surface area contributed by atoms with E-state index in [2.05, 4.69) is 4.90 Å². The normalized spacial score (nSPS) is 20.5. The highest BCUT2D eigenvalue weighted by Crippen LogP contribution is 2.43. The van der Waals surface area contributed by atoms with Gasteiger partial charge in [0.15, 0.2) is 11.5 Å². The van der Waals surface area contributed by atoms with Gasteiger partial charge in [-0.3, -0.25) is 14.6 Å². The Balaban J connectivity index is 1.07. The lowest BCUT2D eigenvalue weighted by Gasteiger charge is -2.39. The van der Waals surface area contributed by atoms with Crippen molar-refractivity contribution in [1.82, 2.24) is 9.80 Å². The molecule has 0 N–H and O–H groups in total. The Kier molecular flexibility index (Phi) is 5.96. The molecule has 10 heteroatoms. The third-order valence-electron chi connectivity index (χ3n) is 7.10. The highest BCUT2D eigenvalue weighted by Gasteiger charge is 2.57. The quantitative estimate of drug-likeness (QED) is 0.547. The zero-order valence-corrected chi connectivity index (χ0v) is 20.1. The van der Waals surface area contributed by atoms with Crippen LogP contribution in [-0.2, 0) is 25.0 Å². The number of carbonyl (C=O) groups is 3. The Labute approximate surface area is 213 Å². The maximum absolute atomic E-state index is 13.4. The predicted octanol–water partition coefficient (Wildman–Crippen LogP) is 2.43. The molecule has 1 spiro atoms. The number of benzene rings is 2. The summed E-state index contributed by atoms with van der Waals surface area (Å²) in [6.07, 6.45) is 3.70. The molecule has 0 radical (unpaired) electrons. The molecule has 0 atom stereocenters. The van der Waals surface area contributed by atoms with E-state index in [1.54, 1.807) is 24.3 Å². The summed E-state index contributed by atoms with van der Waals surface area (Å²) in [6, 6.07) is 12.3. The SMILES string of the molecule is O=C1C=CC(=O)OC2(O1)c1ccccc1C(=O)N2CC1CCN(CCOc2ccc3c(c2)OCO3)CC1. The van der Waals surface area contributed by atoms with Crippen LogP contribution < -0.4 is 14.2 Å². The maximum atomic E-state index is 13.4. The molecule has 6 rings (SSSR count). The van der Waals surface area contributed by atoms with Crippen LogP contribution in [0, 0.1) is 5.92 Å². The van der Waals surface area contributed by atoms with Crippen LogP contribution in [-0.4, -0.2) is 67.2 Å². The van der Waals surface area contributed by atoms with Crippen molar-refractivity contribution < 1.29 is 38.1 Å². The second kappa shape index (κ2) is 9.44. The summed E-state index contributed by atoms with van der Waals surface area (Å²) in [6.45, 7) is 3.49. The monoisotopic (exact) mass is 506 g/mol. The molecule has 37 heavy (non-hydrogen) atoms. The first-order valence-corrected chi connectivity index (χ1v) is 12.3. The molecule has 2 aromatic carbocycles. The van der Waals surface area contributed by atoms with Crippen molar-refractivity contribution in [2.45, 2.75) is 18.8 Å². The van der Waals surface area contributed by atoms with Gasteiger partial charge in [-0.2, -0.15) is 0 Å². The van der Waals surface area contributed by atoms with Gasteiger partial charge in [-0.25, -0.2) is 9.59 Å². The minimum absolute atomic E-state index is 0.148. The summed E-state index contributed by atoms with van der Waals surface area (Å²) in [5.74, 6) is -1.39. The standard InChI is InChI=1S/C27H26N2O8/c30-24-7-8-25(31)37-27(36-24)21-4-2-1-3-20(21)26(32)29(27)16-18-9-11-28(12-10-18)13-14-33-19-5-6-22-23(15-19)35-17-34-22/h1-8,15,18H,9-14,16-17H2. The number of fused-ring (bicyclic) bond motifs is 3. The van der Waals surface area contributed by atoms with E-state index < -0.39 is 17.8 Å². The van der Waals surface area contributed by atoms with Gasteiger partial charge in [0.25, 0.3) is 5.91 Å². The van der Waals surface area contributed by atoms with E-state index in [-0.39, 0.29) is 18.6 Å². The first-order chi connectivity index (χ1) is 18.0. The third kappa shape index (κ3) is 4.37. The summed E-state index contributed by atoms with van der Waals surface area (Å²) in [4.78, 5) is 41.7. The maximum Gasteiger partial charge on any atom is 0.375 e. The lowest BCUT2D eigenvalue weighted by molar-refractivity contribution is -0.275. The van der Waals surface area contributed by atoms with E-state index in [1.807, 2.05) is 18.2 Å². The molecule has 0 aromatic heterocycles. The molecule has 1 fully saturated rings. The van der Waals surface area contributed by atoms with Gasteiger partial charge in [-0.1, -0.05) is 12.1 Å². The number of likely N-dealkylation sites (tertiary alicyclic amines) is 1. The van der Waals surface area contributed by atoms with Crippen molar-refractivity contribution in [3.8, 4) is 17.2 Å². The van der Waals surface area contributed by atoms with Crippen LogP contribution >= 0.6 is 0 Å². The molecule has 1 amide bonds. The molecule has 0 aliphatic carbocycles. The first-order valence-electron chi connectivity index (χ1n) is 12.3. The van der Waals surface area contributed by atoms with E-state index in [4.69, 9.17) is 23.7 Å². The van der Waals surface area contributed by atoms with Crippen LogP contribution in [0.25, 0.3) is 0 Å². The zero-order chi connectivity index (χ0) is 25.4. The number of carbonyl (C=O) groups excluding carboxylic acids is 3. The zero-order valence-electron chi connectivity index (χ0n) is 20.1. The van der Waals surface area contributed by atoms with E-state index in [0.29, 0.717) is 30.0 Å². The van der Waals surface area contributed by atoms with Gasteiger partial charge in [0.1, 0.15) is 12.4 Å². The molecule has 2 aromatic rings. The molecule has 10 nitrogen and oxygen atoms in total. The fourth-order valence-electron chi connectivity index (χ4n) is 5.20. The molecule has 1 saturated heterocycles. The van der Waals surface area contributed by atoms with E-state index in [0.717, 1.165) is 56.1 Å². The smallest absolute Gasteiger partial charge is 0.375 e. The Morgan fingerprint density at radius 1 is 0.919 bits per heavy atom. The van der Waals surface area contributed by atoms with E-state index in [9.17, 15) is 14.4 Å². The van der Waals surface area contributed by atoms with Gasteiger partial charge in [-0.15, -0.1) is 0 Å². The van der Waals surface area contributed by atoms with Crippen LogP contribution in [0.3, 0.4) is 0 Å². The average Bonchev–Trinajstić information content (AvgIpc) is 3.41. The highest BCUT2D eigenvalue weighted by molar-refractivity contribution is 6.01. The van der Waals surface area contributed by atoms with Crippen molar-refractivity contribution in [1.29, 1.82) is 0 Å². The average molecular weight is 507 g/mol. The summed E-state index contributed by atoms with van der Waals surface area (Å²) < 4.78 is 27.8. The topological polar surface area (TPSA) is 104 Å². The second-order valence-electron chi connectivity index (χ2n) is 9.37. The van der Waals surface area contributed by atoms with E-state index in [1.165, 1.54) is 4.90 Å². The molecular weight excluding hydrogens is 480 g/mol. The Hall–Kier alpha value is -4.05. The number of rotatable bonds is 6. The summed E-state index contributed by atoms with van der Waals surface area (Å²) >= 11 is 0. The second-order valence-corrected chi connectivity index (χ2v) is 9.37. The van der Waals surface area contributed by atoms with Crippen LogP contribution in [0.1, 0.15) is 28.8 Å². The Morgan fingerprint density at radius 3 is 2.43 bits per heavy atom. The number of ether oxygens (including phenoxy) is 5. The lowest BCUT2D eigenvalue weighted by atomic mass is 9.96. The molecule has 192 valence electrons. The minimum Gasteiger partial charge on any atom is -0.492 e. The van der Waals surface area contributed by atoms with Crippen molar-refractivity contribution >= 4 is 17.8 Å². The number of hydrogen-bond donors (Lipinski definition) is 0. The minimum atomic E-state index is -1.89. The van der Waals surface area contributed by atoms with Gasteiger partial charge in [0.2, 0.25) is 6.79 Å².